The minimum Gasteiger partial charge on any atom is -0.452 e. The molecule has 0 radical (unpaired) electrons. The smallest absolute Gasteiger partial charge is 0.341 e. The Labute approximate surface area is 163 Å². The molecule has 6 nitrogen and oxygen atoms in total. The van der Waals surface area contributed by atoms with Crippen LogP contribution >= 0.6 is 11.6 Å². The zero-order valence-electron chi connectivity index (χ0n) is 15.2. The van der Waals surface area contributed by atoms with Crippen LogP contribution in [0.2, 0.25) is 5.02 Å². The lowest BCUT2D eigenvalue weighted by Crippen LogP contribution is -2.33. The average molecular weight is 388 g/mol. The Bertz CT molecular complexity index is 860. The predicted molar refractivity (Wildman–Crippen MR) is 102 cm³/mol. The molecule has 3 rings (SSSR count). The van der Waals surface area contributed by atoms with Crippen molar-refractivity contribution >= 4 is 23.5 Å². The maximum Gasteiger partial charge on any atom is 0.341 e. The summed E-state index contributed by atoms with van der Waals surface area (Å²) in [7, 11) is 0. The largest absolute Gasteiger partial charge is 0.452 e. The second-order valence-electron chi connectivity index (χ2n) is 6.32. The summed E-state index contributed by atoms with van der Waals surface area (Å²) < 4.78 is 6.80. The van der Waals surface area contributed by atoms with Gasteiger partial charge in [0.05, 0.1) is 18.3 Å². The Morgan fingerprint density at radius 3 is 2.85 bits per heavy atom. The number of hydrogen-bond acceptors (Lipinski definition) is 4. The van der Waals surface area contributed by atoms with Gasteiger partial charge in [0.25, 0.3) is 5.91 Å². The van der Waals surface area contributed by atoms with Crippen molar-refractivity contribution in [1.29, 1.82) is 0 Å². The number of hydrogen-bond donors (Lipinski definition) is 0. The van der Waals surface area contributed by atoms with Crippen LogP contribution in [0.4, 0.5) is 0 Å². The van der Waals surface area contributed by atoms with Crippen LogP contribution < -0.4 is 0 Å². The van der Waals surface area contributed by atoms with E-state index in [1.165, 1.54) is 6.20 Å². The number of nitrogens with zero attached hydrogens (tertiary/aromatic N) is 3. The average Bonchev–Trinajstić information content (AvgIpc) is 3.35. The van der Waals surface area contributed by atoms with Crippen molar-refractivity contribution in [2.24, 2.45) is 0 Å². The lowest BCUT2D eigenvalue weighted by Gasteiger charge is -2.21. The monoisotopic (exact) mass is 387 g/mol. The van der Waals surface area contributed by atoms with Crippen molar-refractivity contribution in [1.82, 2.24) is 14.7 Å². The van der Waals surface area contributed by atoms with Crippen molar-refractivity contribution < 1.29 is 14.3 Å². The first-order valence-electron chi connectivity index (χ1n) is 9.01. The molecule has 1 heterocycles. The van der Waals surface area contributed by atoms with E-state index in [0.29, 0.717) is 23.7 Å². The summed E-state index contributed by atoms with van der Waals surface area (Å²) in [5.74, 6) is -0.771. The molecule has 0 atom stereocenters. The highest BCUT2D eigenvalue weighted by atomic mass is 35.5. The summed E-state index contributed by atoms with van der Waals surface area (Å²) >= 11 is 6.15. The van der Waals surface area contributed by atoms with Gasteiger partial charge in [-0.1, -0.05) is 35.9 Å². The number of likely N-dealkylation sites (N-methyl/N-ethyl adjacent to an activating group) is 1. The van der Waals surface area contributed by atoms with Crippen LogP contribution in [-0.2, 0) is 16.1 Å². The second-order valence-corrected chi connectivity index (χ2v) is 6.73. The van der Waals surface area contributed by atoms with E-state index in [2.05, 4.69) is 11.2 Å². The van der Waals surface area contributed by atoms with Gasteiger partial charge in [-0.3, -0.25) is 9.48 Å². The fraction of sp³-hybridized carbons (Fsp3) is 0.350. The normalized spacial score (nSPS) is 13.3. The van der Waals surface area contributed by atoms with Crippen LogP contribution in [0.3, 0.4) is 0 Å². The van der Waals surface area contributed by atoms with Gasteiger partial charge < -0.3 is 9.64 Å². The van der Waals surface area contributed by atoms with Crippen molar-refractivity contribution in [3.05, 3.63) is 64.6 Å². The molecule has 1 aromatic carbocycles. The number of esters is 1. The summed E-state index contributed by atoms with van der Waals surface area (Å²) in [4.78, 5) is 26.3. The summed E-state index contributed by atoms with van der Waals surface area (Å²) in [6.45, 7) is 2.65. The van der Waals surface area contributed by atoms with Crippen LogP contribution in [0.25, 0.3) is 0 Å². The molecule has 1 amide bonds. The molecule has 0 N–H and O–H groups in total. The molecule has 0 saturated heterocycles. The lowest BCUT2D eigenvalue weighted by atomic mass is 10.2. The van der Waals surface area contributed by atoms with E-state index >= 15 is 0 Å². The number of halogens is 1. The predicted octanol–water partition coefficient (Wildman–Crippen LogP) is 3.66. The number of carbonyl (C=O) groups is 2. The third-order valence-electron chi connectivity index (χ3n) is 4.47. The summed E-state index contributed by atoms with van der Waals surface area (Å²) in [6, 6.07) is 7.46. The van der Waals surface area contributed by atoms with Gasteiger partial charge in [-0.25, -0.2) is 4.79 Å². The van der Waals surface area contributed by atoms with Gasteiger partial charge >= 0.3 is 5.97 Å². The van der Waals surface area contributed by atoms with E-state index in [1.54, 1.807) is 21.8 Å². The number of carbonyl (C=O) groups excluding carboxylic acids is 2. The number of benzene rings is 1. The molecule has 0 bridgehead atoms. The molecule has 0 spiro atoms. The van der Waals surface area contributed by atoms with E-state index in [4.69, 9.17) is 16.3 Å². The number of aromatic nitrogens is 2. The first kappa shape index (κ1) is 19.2. The van der Waals surface area contributed by atoms with Gasteiger partial charge in [-0.15, -0.1) is 0 Å². The first-order chi connectivity index (χ1) is 13.1. The maximum absolute atomic E-state index is 12.4. The first-order valence-corrected chi connectivity index (χ1v) is 9.38. The van der Waals surface area contributed by atoms with Crippen molar-refractivity contribution in [2.45, 2.75) is 32.7 Å². The molecule has 1 aliphatic rings. The number of allylic oxidation sites excluding steroid dienone is 2. The molecule has 142 valence electrons. The van der Waals surface area contributed by atoms with Gasteiger partial charge in [0.2, 0.25) is 0 Å². The Kier molecular flexibility index (Phi) is 6.29. The van der Waals surface area contributed by atoms with E-state index in [-0.39, 0.29) is 12.5 Å². The highest BCUT2D eigenvalue weighted by Gasteiger charge is 2.20. The van der Waals surface area contributed by atoms with Crippen molar-refractivity contribution in [3.63, 3.8) is 0 Å². The van der Waals surface area contributed by atoms with Crippen molar-refractivity contribution in [2.75, 3.05) is 13.2 Å². The highest BCUT2D eigenvalue weighted by Crippen LogP contribution is 2.21. The quantitative estimate of drug-likeness (QED) is 0.680. The standard InChI is InChI=1S/C20H22ClN3O3/c1-2-24(17-8-4-5-9-17)19(25)14-27-20(26)16-11-22-23(13-16)12-15-7-3-6-10-18(15)21/h3,6-8,10-11,13H,2,4-5,9,12,14H2,1H3. The number of ether oxygens (including phenoxy) is 1. The Hall–Kier alpha value is -2.60. The Balaban J connectivity index is 1.56. The molecular weight excluding hydrogens is 366 g/mol. The minimum absolute atomic E-state index is 0.206. The van der Waals surface area contributed by atoms with Crippen LogP contribution in [0.1, 0.15) is 42.1 Å². The van der Waals surface area contributed by atoms with E-state index in [9.17, 15) is 9.59 Å². The number of rotatable bonds is 7. The van der Waals surface area contributed by atoms with E-state index in [0.717, 1.165) is 30.5 Å². The Morgan fingerprint density at radius 2 is 2.15 bits per heavy atom. The molecule has 27 heavy (non-hydrogen) atoms. The third-order valence-corrected chi connectivity index (χ3v) is 4.84. The van der Waals surface area contributed by atoms with Crippen LogP contribution in [-0.4, -0.2) is 39.7 Å². The van der Waals surface area contributed by atoms with Gasteiger partial charge in [0, 0.05) is 23.5 Å². The molecule has 2 aromatic rings. The summed E-state index contributed by atoms with van der Waals surface area (Å²) in [5.41, 5.74) is 2.23. The van der Waals surface area contributed by atoms with Crippen LogP contribution in [0, 0.1) is 0 Å². The fourth-order valence-corrected chi connectivity index (χ4v) is 3.28. The number of amides is 1. The van der Waals surface area contributed by atoms with Gasteiger partial charge in [0.1, 0.15) is 0 Å². The highest BCUT2D eigenvalue weighted by molar-refractivity contribution is 6.31. The van der Waals surface area contributed by atoms with E-state index < -0.39 is 5.97 Å². The third kappa shape index (κ3) is 4.77. The van der Waals surface area contributed by atoms with Crippen molar-refractivity contribution in [3.8, 4) is 0 Å². The molecule has 0 fully saturated rings. The molecule has 1 aliphatic carbocycles. The molecule has 0 aliphatic heterocycles. The van der Waals surface area contributed by atoms with Crippen LogP contribution in [0.5, 0.6) is 0 Å². The summed E-state index contributed by atoms with van der Waals surface area (Å²) in [5, 5.41) is 4.81. The zero-order chi connectivity index (χ0) is 19.2. The zero-order valence-corrected chi connectivity index (χ0v) is 16.0. The fourth-order valence-electron chi connectivity index (χ4n) is 3.08. The summed E-state index contributed by atoms with van der Waals surface area (Å²) in [6.07, 6.45) is 8.03. The second kappa shape index (κ2) is 8.86. The Morgan fingerprint density at radius 1 is 1.33 bits per heavy atom. The van der Waals surface area contributed by atoms with Gasteiger partial charge in [0.15, 0.2) is 6.61 Å². The topological polar surface area (TPSA) is 64.4 Å². The minimum atomic E-state index is -0.565. The van der Waals surface area contributed by atoms with Gasteiger partial charge in [-0.05, 0) is 37.8 Å². The molecule has 1 aromatic heterocycles. The van der Waals surface area contributed by atoms with E-state index in [1.807, 2.05) is 25.1 Å². The van der Waals surface area contributed by atoms with Crippen LogP contribution in [0.15, 0.2) is 48.4 Å². The maximum atomic E-state index is 12.4. The van der Waals surface area contributed by atoms with Gasteiger partial charge in [-0.2, -0.15) is 5.10 Å². The molecular formula is C20H22ClN3O3. The molecule has 0 unspecified atom stereocenters. The SMILES string of the molecule is CCN(C(=O)COC(=O)c1cnn(Cc2ccccc2Cl)c1)C1=CCCC1. The molecule has 7 heteroatoms. The molecule has 0 saturated carbocycles. The lowest BCUT2D eigenvalue weighted by molar-refractivity contribution is -0.132.